The number of carbonyl (C=O) groups is 2. The van der Waals surface area contributed by atoms with Crippen LogP contribution in [0.15, 0.2) is 30.7 Å². The highest BCUT2D eigenvalue weighted by Gasteiger charge is 2.36. The van der Waals surface area contributed by atoms with Gasteiger partial charge in [-0.2, -0.15) is 5.26 Å². The van der Waals surface area contributed by atoms with Crippen molar-refractivity contribution in [1.82, 2.24) is 14.5 Å². The lowest BCUT2D eigenvalue weighted by Gasteiger charge is -2.34. The highest BCUT2D eigenvalue weighted by Crippen LogP contribution is 2.43. The Kier molecular flexibility index (Phi) is 2.44. The third-order valence-corrected chi connectivity index (χ3v) is 4.96. The molecule has 2 aromatic rings. The Balaban J connectivity index is 1.59. The van der Waals surface area contributed by atoms with Gasteiger partial charge in [-0.3, -0.25) is 14.3 Å². The van der Waals surface area contributed by atoms with Crippen molar-refractivity contribution in [3.8, 4) is 17.2 Å². The van der Waals surface area contributed by atoms with Crippen LogP contribution in [-0.2, 0) is 6.42 Å². The summed E-state index contributed by atoms with van der Waals surface area (Å²) in [5.41, 5.74) is 4.82. The number of Topliss-reactive ketones (excluding diaryl/α,β-unsaturated/α-hetero) is 1. The first kappa shape index (κ1) is 13.3. The molecule has 0 atom stereocenters. The number of hydrogen-bond acceptors (Lipinski definition) is 4. The molecule has 0 aromatic carbocycles. The summed E-state index contributed by atoms with van der Waals surface area (Å²) in [7, 11) is 0. The molecule has 1 fully saturated rings. The first-order valence-electron chi connectivity index (χ1n) is 7.81. The number of likely N-dealkylation sites (tertiary alicyclic amines) is 1. The van der Waals surface area contributed by atoms with Crippen LogP contribution in [0.5, 0.6) is 0 Å². The van der Waals surface area contributed by atoms with Gasteiger partial charge in [0.15, 0.2) is 5.78 Å². The van der Waals surface area contributed by atoms with Gasteiger partial charge in [0.05, 0.1) is 17.7 Å². The van der Waals surface area contributed by atoms with Crippen LogP contribution in [0.2, 0.25) is 0 Å². The first-order chi connectivity index (χ1) is 11.7. The second kappa shape index (κ2) is 4.42. The fourth-order valence-electron chi connectivity index (χ4n) is 3.68. The van der Waals surface area contributed by atoms with Crippen LogP contribution in [0, 0.1) is 17.2 Å². The molecule has 6 heteroatoms. The lowest BCUT2D eigenvalue weighted by Crippen LogP contribution is -2.50. The largest absolute Gasteiger partial charge is 0.328 e. The molecule has 1 saturated heterocycles. The van der Waals surface area contributed by atoms with Gasteiger partial charge < -0.3 is 4.90 Å². The van der Waals surface area contributed by atoms with Crippen LogP contribution in [0.25, 0.3) is 16.7 Å². The molecule has 5 rings (SSSR count). The van der Waals surface area contributed by atoms with Crippen LogP contribution in [0.4, 0.5) is 4.79 Å². The van der Waals surface area contributed by atoms with Crippen molar-refractivity contribution in [2.45, 2.75) is 6.42 Å². The Morgan fingerprint density at radius 1 is 1.25 bits per heavy atom. The fraction of sp³-hybridized carbons (Fsp3) is 0.222. The van der Waals surface area contributed by atoms with Crippen LogP contribution in [0.1, 0.15) is 21.6 Å². The monoisotopic (exact) mass is 316 g/mol. The minimum Gasteiger partial charge on any atom is -0.321 e. The smallest absolute Gasteiger partial charge is 0.321 e. The summed E-state index contributed by atoms with van der Waals surface area (Å²) < 4.78 is 1.46. The van der Waals surface area contributed by atoms with Crippen LogP contribution >= 0.6 is 0 Å². The molecule has 0 unspecified atom stereocenters. The number of nitriles is 1. The first-order valence-corrected chi connectivity index (χ1v) is 7.81. The average molecular weight is 316 g/mol. The maximum Gasteiger partial charge on any atom is 0.328 e. The van der Waals surface area contributed by atoms with Crippen molar-refractivity contribution in [3.63, 3.8) is 0 Å². The topological polar surface area (TPSA) is 79.0 Å². The third kappa shape index (κ3) is 1.56. The molecule has 0 radical (unpaired) electrons. The molecule has 3 heterocycles. The maximum atomic E-state index is 12.8. The Bertz CT molecular complexity index is 1000. The second-order valence-electron chi connectivity index (χ2n) is 6.34. The summed E-state index contributed by atoms with van der Waals surface area (Å²) in [6.45, 7) is 0.893. The Hall–Kier alpha value is -3.20. The number of aromatic nitrogens is 2. The van der Waals surface area contributed by atoms with E-state index in [2.05, 4.69) is 11.1 Å². The molecule has 0 saturated carbocycles. The van der Waals surface area contributed by atoms with Gasteiger partial charge in [-0.25, -0.2) is 4.79 Å². The van der Waals surface area contributed by atoms with Gasteiger partial charge in [-0.1, -0.05) is 6.08 Å². The zero-order valence-electron chi connectivity index (χ0n) is 12.7. The molecule has 0 bridgehead atoms. The normalized spacial score (nSPS) is 17.7. The standard InChI is InChI=1S/C18H12N4O2/c19-5-10-6-21(7-10)18(24)22-8-13-11-3-4-20-15-2-1-12(16(11)15)17(23)14(13)9-22/h1,3-4,8-10H,2,6-7H2. The van der Waals surface area contributed by atoms with E-state index in [-0.39, 0.29) is 17.7 Å². The van der Waals surface area contributed by atoms with E-state index in [1.54, 1.807) is 23.5 Å². The summed E-state index contributed by atoms with van der Waals surface area (Å²) in [5.74, 6) is -0.135. The number of hydrogen-bond donors (Lipinski definition) is 0. The van der Waals surface area contributed by atoms with Crippen molar-refractivity contribution in [3.05, 3.63) is 47.6 Å². The molecular formula is C18H12N4O2. The maximum absolute atomic E-state index is 12.8. The molecule has 1 aliphatic heterocycles. The summed E-state index contributed by atoms with van der Waals surface area (Å²) in [6, 6.07) is 3.86. The Labute approximate surface area is 137 Å². The molecule has 2 aliphatic carbocycles. The summed E-state index contributed by atoms with van der Waals surface area (Å²) >= 11 is 0. The highest BCUT2D eigenvalue weighted by molar-refractivity contribution is 6.35. The molecule has 3 aliphatic rings. The average Bonchev–Trinajstić information content (AvgIpc) is 3.17. The van der Waals surface area contributed by atoms with Crippen molar-refractivity contribution < 1.29 is 9.59 Å². The highest BCUT2D eigenvalue weighted by atomic mass is 16.2. The third-order valence-electron chi connectivity index (χ3n) is 4.96. The number of pyridine rings is 1. The quantitative estimate of drug-likeness (QED) is 0.745. The van der Waals surface area contributed by atoms with Crippen molar-refractivity contribution in [2.24, 2.45) is 5.92 Å². The minimum atomic E-state index is -0.192. The number of amides is 1. The number of rotatable bonds is 0. The van der Waals surface area contributed by atoms with Crippen LogP contribution < -0.4 is 0 Å². The molecule has 0 spiro atoms. The van der Waals surface area contributed by atoms with E-state index < -0.39 is 0 Å². The minimum absolute atomic E-state index is 0.0469. The molecule has 6 nitrogen and oxygen atoms in total. The van der Waals surface area contributed by atoms with Crippen molar-refractivity contribution in [2.75, 3.05) is 13.1 Å². The summed E-state index contributed by atoms with van der Waals surface area (Å²) in [4.78, 5) is 31.3. The van der Waals surface area contributed by atoms with Crippen LogP contribution in [-0.4, -0.2) is 39.4 Å². The van der Waals surface area contributed by atoms with Crippen molar-refractivity contribution >= 4 is 17.4 Å². The predicted octanol–water partition coefficient (Wildman–Crippen LogP) is 2.11. The lowest BCUT2D eigenvalue weighted by atomic mass is 9.86. The van der Waals surface area contributed by atoms with Gasteiger partial charge in [0.25, 0.3) is 0 Å². The van der Waals surface area contributed by atoms with Gasteiger partial charge in [-0.05, 0) is 11.6 Å². The van der Waals surface area contributed by atoms with E-state index in [0.717, 1.165) is 22.4 Å². The van der Waals surface area contributed by atoms with Crippen LogP contribution in [0.3, 0.4) is 0 Å². The fourth-order valence-corrected chi connectivity index (χ4v) is 3.68. The van der Waals surface area contributed by atoms with E-state index in [9.17, 15) is 9.59 Å². The Morgan fingerprint density at radius 2 is 2.04 bits per heavy atom. The molecule has 1 amide bonds. The Morgan fingerprint density at radius 3 is 2.83 bits per heavy atom. The van der Waals surface area contributed by atoms with Gasteiger partial charge in [-0.15, -0.1) is 0 Å². The second-order valence-corrected chi connectivity index (χ2v) is 6.34. The SMILES string of the molecule is N#CC1CN(C(=O)n2cc3c(c2)-c2ccnc4c2C(=CC4)C3=O)C1. The van der Waals surface area contributed by atoms with Gasteiger partial charge >= 0.3 is 6.03 Å². The summed E-state index contributed by atoms with van der Waals surface area (Å²) in [5, 5.41) is 8.84. The summed E-state index contributed by atoms with van der Waals surface area (Å²) in [6.07, 6.45) is 7.67. The molecule has 24 heavy (non-hydrogen) atoms. The lowest BCUT2D eigenvalue weighted by molar-refractivity contribution is 0.105. The molecule has 2 aromatic heterocycles. The zero-order valence-corrected chi connectivity index (χ0v) is 12.7. The van der Waals surface area contributed by atoms with E-state index >= 15 is 0 Å². The predicted molar refractivity (Wildman–Crippen MR) is 85.1 cm³/mol. The van der Waals surface area contributed by atoms with Gasteiger partial charge in [0.2, 0.25) is 0 Å². The molecular weight excluding hydrogens is 304 g/mol. The molecule has 0 N–H and O–H groups in total. The number of carbonyl (C=O) groups excluding carboxylic acids is 2. The number of fused-ring (bicyclic) bond motifs is 2. The van der Waals surface area contributed by atoms with Gasteiger partial charge in [0, 0.05) is 60.4 Å². The van der Waals surface area contributed by atoms with E-state index in [4.69, 9.17) is 5.26 Å². The number of nitrogens with zero attached hydrogens (tertiary/aromatic N) is 4. The zero-order chi connectivity index (χ0) is 16.4. The van der Waals surface area contributed by atoms with Gasteiger partial charge in [0.1, 0.15) is 0 Å². The number of allylic oxidation sites excluding steroid dienone is 2. The van der Waals surface area contributed by atoms with E-state index in [1.807, 2.05) is 12.1 Å². The van der Waals surface area contributed by atoms with E-state index in [1.165, 1.54) is 4.57 Å². The number of ketones is 1. The van der Waals surface area contributed by atoms with E-state index in [0.29, 0.717) is 30.6 Å². The molecule has 116 valence electrons. The van der Waals surface area contributed by atoms with Crippen molar-refractivity contribution in [1.29, 1.82) is 5.26 Å².